The quantitative estimate of drug-likeness (QED) is 0.687. The number of likely N-dealkylation sites (N-methyl/N-ethyl adjacent to an activating group) is 1. The molecule has 1 heterocycles. The number of benzene rings is 2. The van der Waals surface area contributed by atoms with E-state index in [1.807, 2.05) is 27.9 Å². The first kappa shape index (κ1) is 20.9. The smallest absolute Gasteiger partial charge is 0.253 e. The fraction of sp³-hybridized carbons (Fsp3) is 0.348. The van der Waals surface area contributed by atoms with Crippen molar-refractivity contribution in [2.45, 2.75) is 33.2 Å². The van der Waals surface area contributed by atoms with Crippen LogP contribution in [0.15, 0.2) is 36.4 Å². The molecule has 5 nitrogen and oxygen atoms in total. The number of nitrogens with zero attached hydrogens (tertiary/aromatic N) is 3. The van der Waals surface area contributed by atoms with Crippen LogP contribution in [-0.4, -0.2) is 41.4 Å². The highest BCUT2D eigenvalue weighted by Crippen LogP contribution is 2.21. The molecule has 1 aromatic heterocycles. The second kappa shape index (κ2) is 8.66. The molecule has 0 fully saturated rings. The number of rotatable bonds is 6. The highest BCUT2D eigenvalue weighted by molar-refractivity contribution is 6.04. The zero-order chi connectivity index (χ0) is 21.1. The van der Waals surface area contributed by atoms with Gasteiger partial charge in [-0.05, 0) is 51.6 Å². The van der Waals surface area contributed by atoms with Crippen LogP contribution in [0.1, 0.15) is 45.8 Å². The Kier molecular flexibility index (Phi) is 6.23. The van der Waals surface area contributed by atoms with E-state index in [2.05, 4.69) is 51.4 Å². The molecule has 0 saturated carbocycles. The fourth-order valence-electron chi connectivity index (χ4n) is 3.33. The molecule has 29 heavy (non-hydrogen) atoms. The summed E-state index contributed by atoms with van der Waals surface area (Å²) >= 11 is 0. The molecule has 6 heteroatoms. The molecular weight excluding hydrogens is 367 g/mol. The summed E-state index contributed by atoms with van der Waals surface area (Å²) < 4.78 is 14.1. The molecule has 0 spiro atoms. The zero-order valence-electron chi connectivity index (χ0n) is 17.6. The SMILES string of the molecule is CCc1ccc(C(CNC(=O)c2cc(F)cc3nc(C)c(C)nc23)N(C)C)cc1. The van der Waals surface area contributed by atoms with Crippen molar-refractivity contribution in [3.05, 3.63) is 70.3 Å². The number of halogens is 1. The summed E-state index contributed by atoms with van der Waals surface area (Å²) in [6, 6.07) is 10.9. The largest absolute Gasteiger partial charge is 0.350 e. The Hall–Kier alpha value is -2.86. The maximum atomic E-state index is 14.1. The van der Waals surface area contributed by atoms with E-state index in [4.69, 9.17) is 0 Å². The van der Waals surface area contributed by atoms with Gasteiger partial charge in [-0.15, -0.1) is 0 Å². The van der Waals surface area contributed by atoms with Gasteiger partial charge < -0.3 is 10.2 Å². The molecule has 1 atom stereocenters. The van der Waals surface area contributed by atoms with Crippen molar-refractivity contribution >= 4 is 16.9 Å². The Balaban J connectivity index is 1.86. The molecule has 0 saturated heterocycles. The molecule has 3 aromatic rings. The Labute approximate surface area is 171 Å². The van der Waals surface area contributed by atoms with Crippen LogP contribution in [0.3, 0.4) is 0 Å². The summed E-state index contributed by atoms with van der Waals surface area (Å²) in [6.45, 7) is 6.16. The van der Waals surface area contributed by atoms with Gasteiger partial charge in [0, 0.05) is 12.6 Å². The Bertz CT molecular complexity index is 1030. The lowest BCUT2D eigenvalue weighted by Crippen LogP contribution is -2.34. The molecule has 1 N–H and O–H groups in total. The van der Waals surface area contributed by atoms with Crippen LogP contribution in [0.5, 0.6) is 0 Å². The van der Waals surface area contributed by atoms with Gasteiger partial charge in [0.2, 0.25) is 0 Å². The summed E-state index contributed by atoms with van der Waals surface area (Å²) in [5.74, 6) is -0.858. The molecule has 0 aliphatic rings. The maximum absolute atomic E-state index is 14.1. The van der Waals surface area contributed by atoms with E-state index in [0.29, 0.717) is 17.6 Å². The molecule has 0 aliphatic heterocycles. The Morgan fingerprint density at radius 3 is 2.38 bits per heavy atom. The lowest BCUT2D eigenvalue weighted by molar-refractivity contribution is 0.0943. The second-order valence-electron chi connectivity index (χ2n) is 7.50. The van der Waals surface area contributed by atoms with Crippen molar-refractivity contribution in [3.8, 4) is 0 Å². The predicted octanol–water partition coefficient (Wildman–Crippen LogP) is 3.98. The number of fused-ring (bicyclic) bond motifs is 1. The van der Waals surface area contributed by atoms with Crippen LogP contribution in [0, 0.1) is 19.7 Å². The van der Waals surface area contributed by atoms with Gasteiger partial charge in [0.15, 0.2) is 0 Å². The average molecular weight is 394 g/mol. The molecular formula is C23H27FN4O. The van der Waals surface area contributed by atoms with Crippen LogP contribution < -0.4 is 5.32 Å². The number of nitrogens with one attached hydrogen (secondary N) is 1. The minimum atomic E-state index is -0.500. The normalized spacial score (nSPS) is 12.4. The monoisotopic (exact) mass is 394 g/mol. The van der Waals surface area contributed by atoms with Gasteiger partial charge in [-0.25, -0.2) is 14.4 Å². The summed E-state index contributed by atoms with van der Waals surface area (Å²) in [7, 11) is 3.94. The van der Waals surface area contributed by atoms with E-state index in [1.165, 1.54) is 17.7 Å². The lowest BCUT2D eigenvalue weighted by Gasteiger charge is -2.25. The van der Waals surface area contributed by atoms with Gasteiger partial charge >= 0.3 is 0 Å². The Morgan fingerprint density at radius 1 is 1.10 bits per heavy atom. The number of hydrogen-bond acceptors (Lipinski definition) is 4. The van der Waals surface area contributed by atoms with Crippen LogP contribution in [0.4, 0.5) is 4.39 Å². The highest BCUT2D eigenvalue weighted by Gasteiger charge is 2.19. The minimum absolute atomic E-state index is 0.000237. The van der Waals surface area contributed by atoms with Crippen molar-refractivity contribution in [2.24, 2.45) is 0 Å². The first-order chi connectivity index (χ1) is 13.8. The Morgan fingerprint density at radius 2 is 1.76 bits per heavy atom. The summed E-state index contributed by atoms with van der Waals surface area (Å²) in [6.07, 6.45) is 0.982. The van der Waals surface area contributed by atoms with E-state index in [0.717, 1.165) is 23.4 Å². The van der Waals surface area contributed by atoms with Crippen molar-refractivity contribution in [2.75, 3.05) is 20.6 Å². The number of aromatic nitrogens is 2. The molecule has 1 amide bonds. The van der Waals surface area contributed by atoms with Crippen molar-refractivity contribution in [1.29, 1.82) is 0 Å². The molecule has 152 valence electrons. The highest BCUT2D eigenvalue weighted by atomic mass is 19.1. The predicted molar refractivity (Wildman–Crippen MR) is 114 cm³/mol. The maximum Gasteiger partial charge on any atom is 0.253 e. The van der Waals surface area contributed by atoms with E-state index >= 15 is 0 Å². The van der Waals surface area contributed by atoms with Crippen molar-refractivity contribution < 1.29 is 9.18 Å². The number of aryl methyl sites for hydroxylation is 3. The van der Waals surface area contributed by atoms with Gasteiger partial charge in [-0.1, -0.05) is 31.2 Å². The number of carbonyl (C=O) groups excluding carboxylic acids is 1. The van der Waals surface area contributed by atoms with Gasteiger partial charge in [-0.3, -0.25) is 4.79 Å². The molecule has 0 bridgehead atoms. The van der Waals surface area contributed by atoms with E-state index in [-0.39, 0.29) is 17.5 Å². The van der Waals surface area contributed by atoms with Gasteiger partial charge in [0.05, 0.1) is 28.5 Å². The van der Waals surface area contributed by atoms with Crippen LogP contribution >= 0.6 is 0 Å². The summed E-state index contributed by atoms with van der Waals surface area (Å²) in [5, 5.41) is 2.95. The first-order valence-electron chi connectivity index (χ1n) is 9.78. The second-order valence-corrected chi connectivity index (χ2v) is 7.50. The summed E-state index contributed by atoms with van der Waals surface area (Å²) in [4.78, 5) is 23.8. The number of carbonyl (C=O) groups is 1. The van der Waals surface area contributed by atoms with Gasteiger partial charge in [0.25, 0.3) is 5.91 Å². The number of amides is 1. The topological polar surface area (TPSA) is 58.1 Å². The first-order valence-corrected chi connectivity index (χ1v) is 9.78. The third kappa shape index (κ3) is 4.59. The zero-order valence-corrected chi connectivity index (χ0v) is 17.6. The summed E-state index contributed by atoms with van der Waals surface area (Å²) in [5.41, 5.74) is 4.83. The average Bonchev–Trinajstić information content (AvgIpc) is 2.69. The van der Waals surface area contributed by atoms with Crippen molar-refractivity contribution in [1.82, 2.24) is 20.2 Å². The van der Waals surface area contributed by atoms with Crippen LogP contribution in [-0.2, 0) is 6.42 Å². The van der Waals surface area contributed by atoms with E-state index < -0.39 is 5.82 Å². The van der Waals surface area contributed by atoms with Crippen LogP contribution in [0.2, 0.25) is 0 Å². The molecule has 0 aliphatic carbocycles. The van der Waals surface area contributed by atoms with Gasteiger partial charge in [-0.2, -0.15) is 0 Å². The third-order valence-electron chi connectivity index (χ3n) is 5.24. The molecule has 2 aromatic carbocycles. The van der Waals surface area contributed by atoms with Crippen LogP contribution in [0.25, 0.3) is 11.0 Å². The third-order valence-corrected chi connectivity index (χ3v) is 5.24. The van der Waals surface area contributed by atoms with E-state index in [9.17, 15) is 9.18 Å². The van der Waals surface area contributed by atoms with Gasteiger partial charge in [0.1, 0.15) is 11.3 Å². The number of hydrogen-bond donors (Lipinski definition) is 1. The molecule has 1 unspecified atom stereocenters. The van der Waals surface area contributed by atoms with E-state index in [1.54, 1.807) is 0 Å². The molecule has 3 rings (SSSR count). The minimum Gasteiger partial charge on any atom is -0.350 e. The standard InChI is InChI=1S/C23H27FN4O/c1-6-16-7-9-17(10-8-16)21(28(4)5)13-25-23(29)19-11-18(24)12-20-22(19)27-15(3)14(2)26-20/h7-12,21H,6,13H2,1-5H3,(H,25,29). The lowest BCUT2D eigenvalue weighted by atomic mass is 10.0. The fourth-order valence-corrected chi connectivity index (χ4v) is 3.33. The molecule has 0 radical (unpaired) electrons. The van der Waals surface area contributed by atoms with Crippen molar-refractivity contribution in [3.63, 3.8) is 0 Å².